The number of nitro groups is 1. The average molecular weight is 342 g/mol. The maximum Gasteiger partial charge on any atom is 0.280 e. The summed E-state index contributed by atoms with van der Waals surface area (Å²) < 4.78 is 1.39. The molecule has 1 aliphatic carbocycles. The van der Waals surface area contributed by atoms with E-state index in [9.17, 15) is 14.9 Å². The van der Waals surface area contributed by atoms with Crippen molar-refractivity contribution in [1.29, 1.82) is 0 Å². The summed E-state index contributed by atoms with van der Waals surface area (Å²) in [7, 11) is 0. The van der Waals surface area contributed by atoms with Gasteiger partial charge in [0.05, 0.1) is 16.2 Å². The van der Waals surface area contributed by atoms with E-state index < -0.39 is 4.92 Å². The molecular weight excluding hydrogens is 320 g/mol. The molecule has 1 fully saturated rings. The van der Waals surface area contributed by atoms with Gasteiger partial charge >= 0.3 is 0 Å². The van der Waals surface area contributed by atoms with Crippen molar-refractivity contribution in [3.63, 3.8) is 0 Å². The second-order valence-corrected chi connectivity index (χ2v) is 6.56. The number of aryl methyl sites for hydroxylation is 1. The van der Waals surface area contributed by atoms with Crippen LogP contribution in [0, 0.1) is 23.0 Å². The van der Waals surface area contributed by atoms with Crippen LogP contribution in [0.15, 0.2) is 34.1 Å². The lowest BCUT2D eigenvalue weighted by atomic mass is 9.89. The summed E-state index contributed by atoms with van der Waals surface area (Å²) in [5.74, 6) is 0.626. The SMILES string of the molecule is Cc1[nH]n(-c2ccc([N+](=O)[O-])cc2)c(=O)c1C=NCC1CCCCC1. The molecule has 3 rings (SSSR count). The Bertz CT molecular complexity index is 827. The van der Waals surface area contributed by atoms with Crippen LogP contribution in [0.3, 0.4) is 0 Å². The molecule has 1 aliphatic rings. The molecule has 1 aromatic carbocycles. The van der Waals surface area contributed by atoms with Crippen molar-refractivity contribution in [2.45, 2.75) is 39.0 Å². The highest BCUT2D eigenvalue weighted by Crippen LogP contribution is 2.23. The lowest BCUT2D eigenvalue weighted by molar-refractivity contribution is -0.384. The van der Waals surface area contributed by atoms with Crippen LogP contribution < -0.4 is 5.56 Å². The number of aromatic amines is 1. The molecule has 1 aromatic heterocycles. The highest BCUT2D eigenvalue weighted by atomic mass is 16.6. The molecule has 132 valence electrons. The normalized spacial score (nSPS) is 15.7. The number of nitro benzene ring substituents is 1. The fourth-order valence-electron chi connectivity index (χ4n) is 3.28. The molecule has 0 amide bonds. The zero-order valence-electron chi connectivity index (χ0n) is 14.3. The Hall–Kier alpha value is -2.70. The van der Waals surface area contributed by atoms with Gasteiger partial charge in [-0.3, -0.25) is 25.0 Å². The summed E-state index contributed by atoms with van der Waals surface area (Å²) in [5.41, 5.74) is 1.63. The van der Waals surface area contributed by atoms with Gasteiger partial charge in [-0.2, -0.15) is 0 Å². The van der Waals surface area contributed by atoms with E-state index in [1.165, 1.54) is 48.9 Å². The number of aromatic nitrogens is 2. The smallest absolute Gasteiger partial charge is 0.280 e. The summed E-state index contributed by atoms with van der Waals surface area (Å²) in [6.07, 6.45) is 7.96. The Morgan fingerprint density at radius 2 is 1.96 bits per heavy atom. The van der Waals surface area contributed by atoms with Gasteiger partial charge in [-0.25, -0.2) is 4.68 Å². The van der Waals surface area contributed by atoms with Crippen LogP contribution in [-0.2, 0) is 0 Å². The zero-order chi connectivity index (χ0) is 17.8. The molecule has 1 N–H and O–H groups in total. The number of hydrogen-bond donors (Lipinski definition) is 1. The highest BCUT2D eigenvalue weighted by molar-refractivity contribution is 5.80. The van der Waals surface area contributed by atoms with Crippen LogP contribution in [-0.4, -0.2) is 27.5 Å². The number of rotatable bonds is 5. The van der Waals surface area contributed by atoms with E-state index in [2.05, 4.69) is 10.1 Å². The molecule has 0 saturated heterocycles. The zero-order valence-corrected chi connectivity index (χ0v) is 14.3. The maximum atomic E-state index is 12.6. The first-order valence-electron chi connectivity index (χ1n) is 8.62. The van der Waals surface area contributed by atoms with Gasteiger partial charge in [0.25, 0.3) is 11.2 Å². The molecule has 0 radical (unpaired) electrons. The molecular formula is C18H22N4O3. The first-order valence-corrected chi connectivity index (χ1v) is 8.62. The van der Waals surface area contributed by atoms with Crippen molar-refractivity contribution >= 4 is 11.9 Å². The van der Waals surface area contributed by atoms with Crippen LogP contribution >= 0.6 is 0 Å². The second-order valence-electron chi connectivity index (χ2n) is 6.56. The predicted octanol–water partition coefficient (Wildman–Crippen LogP) is 3.38. The average Bonchev–Trinajstić information content (AvgIpc) is 2.91. The fraction of sp³-hybridized carbons (Fsp3) is 0.444. The Morgan fingerprint density at radius 3 is 2.60 bits per heavy atom. The molecule has 0 unspecified atom stereocenters. The largest absolute Gasteiger partial charge is 0.295 e. The summed E-state index contributed by atoms with van der Waals surface area (Å²) in [6.45, 7) is 2.59. The van der Waals surface area contributed by atoms with Gasteiger partial charge in [-0.1, -0.05) is 19.3 Å². The number of nitrogens with one attached hydrogen (secondary N) is 1. The molecule has 0 spiro atoms. The Balaban J connectivity index is 1.78. The van der Waals surface area contributed by atoms with Crippen molar-refractivity contribution in [1.82, 2.24) is 9.78 Å². The van der Waals surface area contributed by atoms with Crippen LogP contribution in [0.2, 0.25) is 0 Å². The number of nitrogens with zero attached hydrogens (tertiary/aromatic N) is 3. The lowest BCUT2D eigenvalue weighted by Crippen LogP contribution is -2.17. The first kappa shape index (κ1) is 17.1. The number of benzene rings is 1. The van der Waals surface area contributed by atoms with Gasteiger partial charge in [0, 0.05) is 30.6 Å². The van der Waals surface area contributed by atoms with Gasteiger partial charge in [0.1, 0.15) is 0 Å². The Labute approximate surface area is 145 Å². The Kier molecular flexibility index (Phi) is 5.11. The van der Waals surface area contributed by atoms with Crippen LogP contribution in [0.1, 0.15) is 43.4 Å². The summed E-state index contributed by atoms with van der Waals surface area (Å²) in [6, 6.07) is 5.88. The third-order valence-electron chi connectivity index (χ3n) is 4.74. The van der Waals surface area contributed by atoms with Crippen LogP contribution in [0.4, 0.5) is 5.69 Å². The van der Waals surface area contributed by atoms with E-state index in [4.69, 9.17) is 0 Å². The summed E-state index contributed by atoms with van der Waals surface area (Å²) >= 11 is 0. The minimum absolute atomic E-state index is 0.00524. The molecule has 2 aromatic rings. The molecule has 1 heterocycles. The number of aliphatic imine (C=N–C) groups is 1. The van der Waals surface area contributed by atoms with Gasteiger partial charge in [-0.15, -0.1) is 0 Å². The third kappa shape index (κ3) is 3.87. The van der Waals surface area contributed by atoms with Crippen LogP contribution in [0.25, 0.3) is 5.69 Å². The molecule has 7 nitrogen and oxygen atoms in total. The van der Waals surface area contributed by atoms with E-state index in [1.807, 2.05) is 6.92 Å². The van der Waals surface area contributed by atoms with Crippen molar-refractivity contribution < 1.29 is 4.92 Å². The topological polar surface area (TPSA) is 93.3 Å². The van der Waals surface area contributed by atoms with E-state index >= 15 is 0 Å². The van der Waals surface area contributed by atoms with Crippen molar-refractivity contribution in [3.05, 3.63) is 56.0 Å². The Morgan fingerprint density at radius 1 is 1.28 bits per heavy atom. The lowest BCUT2D eigenvalue weighted by Gasteiger charge is -2.19. The van der Waals surface area contributed by atoms with Gasteiger partial charge in [0.2, 0.25) is 0 Å². The van der Waals surface area contributed by atoms with Crippen LogP contribution in [0.5, 0.6) is 0 Å². The van der Waals surface area contributed by atoms with E-state index in [-0.39, 0.29) is 11.2 Å². The fourth-order valence-corrected chi connectivity index (χ4v) is 3.28. The minimum atomic E-state index is -0.462. The van der Waals surface area contributed by atoms with Crippen molar-refractivity contribution in [2.24, 2.45) is 10.9 Å². The molecule has 0 aliphatic heterocycles. The molecule has 7 heteroatoms. The van der Waals surface area contributed by atoms with Gasteiger partial charge in [-0.05, 0) is 37.8 Å². The number of hydrogen-bond acceptors (Lipinski definition) is 4. The second kappa shape index (κ2) is 7.46. The standard InChI is InChI=1S/C18H22N4O3/c1-13-17(12-19-11-14-5-3-2-4-6-14)18(23)21(20-13)15-7-9-16(10-8-15)22(24)25/h7-10,12,14,20H,2-6,11H2,1H3. The molecule has 0 atom stereocenters. The molecule has 25 heavy (non-hydrogen) atoms. The molecule has 0 bridgehead atoms. The maximum absolute atomic E-state index is 12.6. The third-order valence-corrected chi connectivity index (χ3v) is 4.74. The van der Waals surface area contributed by atoms with E-state index in [0.29, 0.717) is 17.2 Å². The van der Waals surface area contributed by atoms with Crippen molar-refractivity contribution in [3.8, 4) is 5.69 Å². The molecule has 1 saturated carbocycles. The van der Waals surface area contributed by atoms with Crippen molar-refractivity contribution in [2.75, 3.05) is 6.54 Å². The summed E-state index contributed by atoms with van der Waals surface area (Å²) in [4.78, 5) is 27.4. The number of H-pyrrole nitrogens is 1. The first-order chi connectivity index (χ1) is 12.1. The quantitative estimate of drug-likeness (QED) is 0.513. The van der Waals surface area contributed by atoms with Gasteiger partial charge < -0.3 is 0 Å². The van der Waals surface area contributed by atoms with E-state index in [0.717, 1.165) is 12.2 Å². The minimum Gasteiger partial charge on any atom is -0.295 e. The monoisotopic (exact) mass is 342 g/mol. The van der Waals surface area contributed by atoms with E-state index in [1.54, 1.807) is 18.3 Å². The summed E-state index contributed by atoms with van der Waals surface area (Å²) in [5, 5.41) is 13.7. The highest BCUT2D eigenvalue weighted by Gasteiger charge is 2.14. The number of non-ortho nitro benzene ring substituents is 1. The van der Waals surface area contributed by atoms with Gasteiger partial charge in [0.15, 0.2) is 0 Å². The predicted molar refractivity (Wildman–Crippen MR) is 96.8 cm³/mol.